The Morgan fingerprint density at radius 1 is 0.920 bits per heavy atom. The molecule has 5 heteroatoms. The molecule has 0 fully saturated rings. The molecular formula is C20H34O5. The van der Waals surface area contributed by atoms with Gasteiger partial charge < -0.3 is 14.9 Å². The molecule has 0 amide bonds. The zero-order chi connectivity index (χ0) is 18.5. The molecule has 1 rings (SSSR count). The monoisotopic (exact) mass is 354 g/mol. The van der Waals surface area contributed by atoms with Crippen LogP contribution in [0, 0.1) is 0 Å². The number of rotatable bonds is 15. The first-order valence-corrected chi connectivity index (χ1v) is 9.90. The van der Waals surface area contributed by atoms with Crippen LogP contribution in [0.4, 0.5) is 0 Å². The Bertz CT molecular complexity index is 441. The summed E-state index contributed by atoms with van der Waals surface area (Å²) in [6, 6.07) is 0. The highest BCUT2D eigenvalue weighted by Gasteiger charge is 2.37. The lowest BCUT2D eigenvalue weighted by molar-refractivity contribution is -0.142. The normalized spacial score (nSPS) is 17.2. The third-order valence-corrected chi connectivity index (χ3v) is 4.72. The molecule has 0 radical (unpaired) electrons. The van der Waals surface area contributed by atoms with E-state index >= 15 is 0 Å². The van der Waals surface area contributed by atoms with E-state index < -0.39 is 24.4 Å². The van der Waals surface area contributed by atoms with Crippen molar-refractivity contribution in [1.29, 1.82) is 0 Å². The van der Waals surface area contributed by atoms with Gasteiger partial charge in [-0.15, -0.1) is 0 Å². The van der Waals surface area contributed by atoms with E-state index in [0.29, 0.717) is 6.42 Å². The molecule has 0 aliphatic carbocycles. The molecule has 0 spiro atoms. The van der Waals surface area contributed by atoms with Crippen LogP contribution in [0.15, 0.2) is 11.3 Å². The highest BCUT2D eigenvalue weighted by atomic mass is 16.6. The second-order valence-corrected chi connectivity index (χ2v) is 6.90. The van der Waals surface area contributed by atoms with E-state index in [1.165, 1.54) is 57.8 Å². The standard InChI is InChI=1S/C20H34O5/c1-2-3-4-5-6-7-8-9-10-11-12-13-14-16(22)18-19(23)17(15-21)25-20(18)24/h17,21,23H,2-15H2,1H3. The number of unbranched alkanes of at least 4 members (excludes halogenated alkanes) is 11. The van der Waals surface area contributed by atoms with Gasteiger partial charge in [-0.2, -0.15) is 0 Å². The van der Waals surface area contributed by atoms with E-state index in [9.17, 15) is 14.7 Å². The SMILES string of the molecule is CCCCCCCCCCCCCCC(=O)C1=C(O)C(CO)OC1=O. The number of carbonyl (C=O) groups excluding carboxylic acids is 2. The van der Waals surface area contributed by atoms with Gasteiger partial charge in [-0.05, 0) is 6.42 Å². The maximum Gasteiger partial charge on any atom is 0.346 e. The average molecular weight is 354 g/mol. The van der Waals surface area contributed by atoms with Gasteiger partial charge in [0.1, 0.15) is 5.57 Å². The quantitative estimate of drug-likeness (QED) is 0.259. The van der Waals surface area contributed by atoms with Gasteiger partial charge in [-0.3, -0.25) is 4.79 Å². The number of esters is 1. The van der Waals surface area contributed by atoms with Crippen molar-refractivity contribution in [1.82, 2.24) is 0 Å². The molecule has 144 valence electrons. The number of hydrogen-bond acceptors (Lipinski definition) is 5. The maximum absolute atomic E-state index is 12.0. The minimum Gasteiger partial charge on any atom is -0.507 e. The number of Topliss-reactive ketones (excluding diaryl/α,β-unsaturated/α-hetero) is 1. The van der Waals surface area contributed by atoms with Crippen LogP contribution in [0.5, 0.6) is 0 Å². The van der Waals surface area contributed by atoms with Gasteiger partial charge in [-0.25, -0.2) is 4.79 Å². The first-order chi connectivity index (χ1) is 12.1. The minimum atomic E-state index is -1.08. The summed E-state index contributed by atoms with van der Waals surface area (Å²) in [4.78, 5) is 23.6. The van der Waals surface area contributed by atoms with Crippen molar-refractivity contribution >= 4 is 11.8 Å². The van der Waals surface area contributed by atoms with Gasteiger partial charge in [0, 0.05) is 6.42 Å². The average Bonchev–Trinajstić information content (AvgIpc) is 2.89. The third-order valence-electron chi connectivity index (χ3n) is 4.72. The lowest BCUT2D eigenvalue weighted by Crippen LogP contribution is -2.15. The summed E-state index contributed by atoms with van der Waals surface area (Å²) < 4.78 is 4.74. The van der Waals surface area contributed by atoms with Crippen LogP contribution in [0.25, 0.3) is 0 Å². The van der Waals surface area contributed by atoms with E-state index in [-0.39, 0.29) is 17.8 Å². The molecule has 0 bridgehead atoms. The van der Waals surface area contributed by atoms with Gasteiger partial charge in [0.15, 0.2) is 17.6 Å². The number of aliphatic hydroxyl groups is 2. The van der Waals surface area contributed by atoms with Crippen molar-refractivity contribution < 1.29 is 24.5 Å². The van der Waals surface area contributed by atoms with E-state index in [4.69, 9.17) is 9.84 Å². The van der Waals surface area contributed by atoms with E-state index in [1.807, 2.05) is 0 Å². The highest BCUT2D eigenvalue weighted by molar-refractivity contribution is 6.19. The van der Waals surface area contributed by atoms with Crippen LogP contribution in [-0.2, 0) is 14.3 Å². The molecule has 25 heavy (non-hydrogen) atoms. The predicted molar refractivity (Wildman–Crippen MR) is 97.3 cm³/mol. The van der Waals surface area contributed by atoms with Gasteiger partial charge in [-0.1, -0.05) is 77.6 Å². The van der Waals surface area contributed by atoms with E-state index in [0.717, 1.165) is 12.8 Å². The van der Waals surface area contributed by atoms with Crippen LogP contribution in [0.2, 0.25) is 0 Å². The lowest BCUT2D eigenvalue weighted by Gasteiger charge is -2.04. The summed E-state index contributed by atoms with van der Waals surface area (Å²) >= 11 is 0. The van der Waals surface area contributed by atoms with Gasteiger partial charge in [0.2, 0.25) is 0 Å². The fourth-order valence-electron chi connectivity index (χ4n) is 3.14. The molecule has 0 aromatic heterocycles. The first kappa shape index (κ1) is 21.7. The fraction of sp³-hybridized carbons (Fsp3) is 0.800. The predicted octanol–water partition coefficient (Wildman–Crippen LogP) is 4.38. The van der Waals surface area contributed by atoms with Crippen LogP contribution in [0.1, 0.15) is 90.4 Å². The van der Waals surface area contributed by atoms with Crippen LogP contribution >= 0.6 is 0 Å². The Kier molecular flexibility index (Phi) is 11.2. The molecule has 0 aromatic carbocycles. The lowest BCUT2D eigenvalue weighted by atomic mass is 10.0. The molecule has 1 heterocycles. The number of hydrogen-bond donors (Lipinski definition) is 2. The Hall–Kier alpha value is -1.36. The van der Waals surface area contributed by atoms with Crippen LogP contribution in [-0.4, -0.2) is 34.7 Å². The Labute approximate surface area is 151 Å². The van der Waals surface area contributed by atoms with Gasteiger partial charge in [0.05, 0.1) is 6.61 Å². The molecule has 0 aromatic rings. The smallest absolute Gasteiger partial charge is 0.346 e. The Balaban J connectivity index is 2.02. The number of carbonyl (C=O) groups is 2. The second kappa shape index (κ2) is 12.9. The summed E-state index contributed by atoms with van der Waals surface area (Å²) in [5.41, 5.74) is -0.276. The number of cyclic esters (lactones) is 1. The molecule has 1 atom stereocenters. The van der Waals surface area contributed by atoms with Crippen LogP contribution in [0.3, 0.4) is 0 Å². The first-order valence-electron chi connectivity index (χ1n) is 9.90. The van der Waals surface area contributed by atoms with Crippen molar-refractivity contribution in [2.24, 2.45) is 0 Å². The minimum absolute atomic E-state index is 0.240. The Morgan fingerprint density at radius 2 is 1.40 bits per heavy atom. The van der Waals surface area contributed by atoms with Crippen molar-refractivity contribution in [2.45, 2.75) is 96.5 Å². The highest BCUT2D eigenvalue weighted by Crippen LogP contribution is 2.23. The second-order valence-electron chi connectivity index (χ2n) is 6.90. The van der Waals surface area contributed by atoms with Gasteiger partial charge in [0.25, 0.3) is 0 Å². The van der Waals surface area contributed by atoms with E-state index in [1.54, 1.807) is 0 Å². The molecule has 5 nitrogen and oxygen atoms in total. The molecular weight excluding hydrogens is 320 g/mol. The summed E-state index contributed by atoms with van der Waals surface area (Å²) in [6.45, 7) is 1.73. The zero-order valence-electron chi connectivity index (χ0n) is 15.6. The zero-order valence-corrected chi connectivity index (χ0v) is 15.6. The topological polar surface area (TPSA) is 83.8 Å². The number of aliphatic hydroxyl groups excluding tert-OH is 2. The van der Waals surface area contributed by atoms with Crippen molar-refractivity contribution in [3.8, 4) is 0 Å². The van der Waals surface area contributed by atoms with Crippen LogP contribution < -0.4 is 0 Å². The molecule has 2 N–H and O–H groups in total. The molecule has 0 saturated heterocycles. The molecule has 1 aliphatic heterocycles. The van der Waals surface area contributed by atoms with E-state index in [2.05, 4.69) is 6.92 Å². The number of ether oxygens (including phenoxy) is 1. The molecule has 1 aliphatic rings. The fourth-order valence-corrected chi connectivity index (χ4v) is 3.14. The van der Waals surface area contributed by atoms with Crippen molar-refractivity contribution in [2.75, 3.05) is 6.61 Å². The summed E-state index contributed by atoms with van der Waals surface area (Å²) in [5, 5.41) is 18.7. The van der Waals surface area contributed by atoms with Crippen molar-refractivity contribution in [3.05, 3.63) is 11.3 Å². The summed E-state index contributed by atoms with van der Waals surface area (Å²) in [6.07, 6.45) is 13.7. The van der Waals surface area contributed by atoms with Gasteiger partial charge >= 0.3 is 5.97 Å². The summed E-state index contributed by atoms with van der Waals surface area (Å²) in [7, 11) is 0. The maximum atomic E-state index is 12.0. The molecule has 0 saturated carbocycles. The largest absolute Gasteiger partial charge is 0.507 e. The number of ketones is 1. The summed E-state index contributed by atoms with van der Waals surface area (Å²) in [5.74, 6) is -1.62. The molecule has 1 unspecified atom stereocenters. The Morgan fingerprint density at radius 3 is 1.84 bits per heavy atom. The van der Waals surface area contributed by atoms with Crippen molar-refractivity contribution in [3.63, 3.8) is 0 Å². The third kappa shape index (κ3) is 8.04.